The van der Waals surface area contributed by atoms with Crippen molar-refractivity contribution in [3.8, 4) is 17.6 Å². The van der Waals surface area contributed by atoms with Gasteiger partial charge in [0.15, 0.2) is 0 Å². The van der Waals surface area contributed by atoms with E-state index < -0.39 is 11.7 Å². The van der Waals surface area contributed by atoms with E-state index in [9.17, 15) is 9.59 Å². The zero-order valence-electron chi connectivity index (χ0n) is 14.2. The van der Waals surface area contributed by atoms with E-state index in [1.54, 1.807) is 18.5 Å². The summed E-state index contributed by atoms with van der Waals surface area (Å²) in [5.41, 5.74) is 2.07. The van der Waals surface area contributed by atoms with Crippen LogP contribution in [0.5, 0.6) is 5.75 Å². The maximum Gasteiger partial charge on any atom is 0.293 e. The number of carbonyl (C=O) groups excluding carboxylic acids is 2. The summed E-state index contributed by atoms with van der Waals surface area (Å²) in [6.07, 6.45) is 3.17. The molecule has 3 rings (SSSR count). The monoisotopic (exact) mass is 347 g/mol. The highest BCUT2D eigenvalue weighted by molar-refractivity contribution is 6.45. The number of benzene rings is 1. The van der Waals surface area contributed by atoms with E-state index >= 15 is 0 Å². The number of aromatic amines is 1. The van der Waals surface area contributed by atoms with Crippen LogP contribution in [0.3, 0.4) is 0 Å². The number of ketones is 1. The lowest BCUT2D eigenvalue weighted by molar-refractivity contribution is -0.116. The third kappa shape index (κ3) is 4.08. The molecule has 26 heavy (non-hydrogen) atoms. The zero-order chi connectivity index (χ0) is 18.4. The molecule has 0 bridgehead atoms. The highest BCUT2D eigenvalue weighted by Crippen LogP contribution is 2.18. The van der Waals surface area contributed by atoms with E-state index in [4.69, 9.17) is 4.74 Å². The first-order valence-corrected chi connectivity index (χ1v) is 8.05. The molecular weight excluding hydrogens is 330 g/mol. The van der Waals surface area contributed by atoms with Crippen LogP contribution in [0.2, 0.25) is 0 Å². The van der Waals surface area contributed by atoms with Gasteiger partial charge in [0, 0.05) is 22.8 Å². The minimum atomic E-state index is -0.687. The molecule has 0 aliphatic carbocycles. The molecule has 2 N–H and O–H groups in total. The van der Waals surface area contributed by atoms with Gasteiger partial charge in [-0.2, -0.15) is 0 Å². The van der Waals surface area contributed by atoms with Gasteiger partial charge in [0.05, 0.1) is 18.3 Å². The molecule has 2 heterocycles. The summed E-state index contributed by atoms with van der Waals surface area (Å²) in [6.45, 7) is 2.14. The Morgan fingerprint density at radius 3 is 2.85 bits per heavy atom. The van der Waals surface area contributed by atoms with Crippen molar-refractivity contribution >= 4 is 22.6 Å². The van der Waals surface area contributed by atoms with Gasteiger partial charge in [-0.3, -0.25) is 14.6 Å². The molecular formula is C20H17N3O3. The summed E-state index contributed by atoms with van der Waals surface area (Å²) >= 11 is 0. The van der Waals surface area contributed by atoms with Crippen LogP contribution in [-0.2, 0) is 4.79 Å². The van der Waals surface area contributed by atoms with Crippen molar-refractivity contribution in [3.63, 3.8) is 0 Å². The first-order chi connectivity index (χ1) is 12.6. The number of nitrogens with zero attached hydrogens (tertiary/aromatic N) is 1. The Morgan fingerprint density at radius 2 is 2.04 bits per heavy atom. The standard InChI is InChI=1S/C20H17N3O3/c1-14-8-9-15(12-22-14)26-11-5-4-10-21-20(25)19(24)17-13-23-18-7-3-2-6-16(17)18/h2-3,6-9,12-13,23H,10-11H2,1H3,(H,21,25). The predicted molar refractivity (Wildman–Crippen MR) is 97.9 cm³/mol. The lowest BCUT2D eigenvalue weighted by atomic mass is 10.1. The minimum Gasteiger partial charge on any atom is -0.479 e. The van der Waals surface area contributed by atoms with Crippen LogP contribution in [0.15, 0.2) is 48.8 Å². The van der Waals surface area contributed by atoms with Gasteiger partial charge in [0.2, 0.25) is 0 Å². The lowest BCUT2D eigenvalue weighted by Crippen LogP contribution is -2.31. The fourth-order valence-corrected chi connectivity index (χ4v) is 2.36. The number of fused-ring (bicyclic) bond motifs is 1. The van der Waals surface area contributed by atoms with Crippen molar-refractivity contribution in [3.05, 3.63) is 60.0 Å². The van der Waals surface area contributed by atoms with Crippen LogP contribution >= 0.6 is 0 Å². The Kier molecular flexibility index (Phi) is 5.30. The molecule has 6 nitrogen and oxygen atoms in total. The molecule has 1 amide bonds. The number of ether oxygens (including phenoxy) is 1. The summed E-state index contributed by atoms with van der Waals surface area (Å²) in [5, 5.41) is 3.22. The molecule has 6 heteroatoms. The number of nitrogens with one attached hydrogen (secondary N) is 2. The third-order valence-electron chi connectivity index (χ3n) is 3.70. The Balaban J connectivity index is 1.48. The summed E-state index contributed by atoms with van der Waals surface area (Å²) in [6, 6.07) is 11.0. The third-order valence-corrected chi connectivity index (χ3v) is 3.70. The van der Waals surface area contributed by atoms with Gasteiger partial charge in [0.25, 0.3) is 11.7 Å². The summed E-state index contributed by atoms with van der Waals surface area (Å²) < 4.78 is 5.40. The quantitative estimate of drug-likeness (QED) is 0.421. The molecule has 3 aromatic rings. The first-order valence-electron chi connectivity index (χ1n) is 8.05. The molecule has 0 aliphatic heterocycles. The van der Waals surface area contributed by atoms with E-state index in [1.165, 1.54) is 0 Å². The van der Waals surface area contributed by atoms with E-state index in [0.717, 1.165) is 16.6 Å². The zero-order valence-corrected chi connectivity index (χ0v) is 14.2. The van der Waals surface area contributed by atoms with Crippen molar-refractivity contribution in [2.45, 2.75) is 6.92 Å². The van der Waals surface area contributed by atoms with Crippen LogP contribution in [-0.4, -0.2) is 34.8 Å². The van der Waals surface area contributed by atoms with Crippen LogP contribution < -0.4 is 10.1 Å². The second kappa shape index (κ2) is 7.99. The number of hydrogen-bond donors (Lipinski definition) is 2. The number of H-pyrrole nitrogens is 1. The number of para-hydroxylation sites is 1. The molecule has 0 atom stereocenters. The topological polar surface area (TPSA) is 84.1 Å². The first kappa shape index (κ1) is 17.2. The highest BCUT2D eigenvalue weighted by Gasteiger charge is 2.18. The fourth-order valence-electron chi connectivity index (χ4n) is 2.36. The summed E-state index contributed by atoms with van der Waals surface area (Å²) in [7, 11) is 0. The van der Waals surface area contributed by atoms with Crippen molar-refractivity contribution < 1.29 is 14.3 Å². The van der Waals surface area contributed by atoms with E-state index in [1.807, 2.05) is 37.3 Å². The number of hydrogen-bond acceptors (Lipinski definition) is 4. The molecule has 0 radical (unpaired) electrons. The van der Waals surface area contributed by atoms with E-state index in [0.29, 0.717) is 11.3 Å². The summed E-state index contributed by atoms with van der Waals surface area (Å²) in [4.78, 5) is 31.3. The van der Waals surface area contributed by atoms with E-state index in [2.05, 4.69) is 27.1 Å². The predicted octanol–water partition coefficient (Wildman–Crippen LogP) is 2.25. The lowest BCUT2D eigenvalue weighted by Gasteiger charge is -2.01. The SMILES string of the molecule is Cc1ccc(OCC#CCNC(=O)C(=O)c2c[nH]c3ccccc23)cn1. The molecule has 0 saturated heterocycles. The Morgan fingerprint density at radius 1 is 1.19 bits per heavy atom. The number of amides is 1. The highest BCUT2D eigenvalue weighted by atomic mass is 16.5. The van der Waals surface area contributed by atoms with Crippen LogP contribution in [0, 0.1) is 18.8 Å². The van der Waals surface area contributed by atoms with Crippen molar-refractivity contribution in [1.29, 1.82) is 0 Å². The molecule has 130 valence electrons. The van der Waals surface area contributed by atoms with E-state index in [-0.39, 0.29) is 13.2 Å². The second-order valence-corrected chi connectivity index (χ2v) is 5.54. The Bertz CT molecular complexity index is 994. The van der Waals surface area contributed by atoms with Crippen LogP contribution in [0.4, 0.5) is 0 Å². The molecule has 0 unspecified atom stereocenters. The number of carbonyl (C=O) groups is 2. The Labute approximate surface area is 150 Å². The van der Waals surface area contributed by atoms with Gasteiger partial charge in [-0.1, -0.05) is 30.0 Å². The average molecular weight is 347 g/mol. The second-order valence-electron chi connectivity index (χ2n) is 5.54. The van der Waals surface area contributed by atoms with Crippen molar-refractivity contribution in [2.24, 2.45) is 0 Å². The molecule has 1 aromatic carbocycles. The molecule has 0 fully saturated rings. The number of pyridine rings is 1. The van der Waals surface area contributed by atoms with Gasteiger partial charge in [-0.15, -0.1) is 0 Å². The molecule has 0 aliphatic rings. The number of rotatable bonds is 5. The number of aryl methyl sites for hydroxylation is 1. The van der Waals surface area contributed by atoms with Gasteiger partial charge in [-0.05, 0) is 25.1 Å². The fraction of sp³-hybridized carbons (Fsp3) is 0.150. The maximum absolute atomic E-state index is 12.2. The average Bonchev–Trinajstić information content (AvgIpc) is 3.09. The number of aromatic nitrogens is 2. The largest absolute Gasteiger partial charge is 0.479 e. The smallest absolute Gasteiger partial charge is 0.293 e. The van der Waals surface area contributed by atoms with Gasteiger partial charge in [-0.25, -0.2) is 0 Å². The maximum atomic E-state index is 12.2. The Hall–Kier alpha value is -3.59. The van der Waals surface area contributed by atoms with Gasteiger partial charge in [0.1, 0.15) is 12.4 Å². The minimum absolute atomic E-state index is 0.0719. The molecule has 0 spiro atoms. The molecule has 0 saturated carbocycles. The van der Waals surface area contributed by atoms with Crippen LogP contribution in [0.25, 0.3) is 10.9 Å². The molecule has 2 aromatic heterocycles. The van der Waals surface area contributed by atoms with Crippen LogP contribution in [0.1, 0.15) is 16.1 Å². The van der Waals surface area contributed by atoms with Gasteiger partial charge < -0.3 is 15.0 Å². The number of Topliss-reactive ketones (excluding diaryl/α,β-unsaturated/α-hetero) is 1. The summed E-state index contributed by atoms with van der Waals surface area (Å²) in [5.74, 6) is 4.87. The van der Waals surface area contributed by atoms with Crippen molar-refractivity contribution in [2.75, 3.05) is 13.2 Å². The normalized spacial score (nSPS) is 10.0. The van der Waals surface area contributed by atoms with Gasteiger partial charge >= 0.3 is 0 Å². The van der Waals surface area contributed by atoms with Crippen molar-refractivity contribution in [1.82, 2.24) is 15.3 Å².